The number of rotatable bonds is 7. The quantitative estimate of drug-likeness (QED) is 0.334. The third-order valence-corrected chi connectivity index (χ3v) is 4.86. The highest BCUT2D eigenvalue weighted by Crippen LogP contribution is 2.19. The van der Waals surface area contributed by atoms with Gasteiger partial charge in [0.05, 0.1) is 19.3 Å². The summed E-state index contributed by atoms with van der Waals surface area (Å²) in [5.74, 6) is 0.786. The van der Waals surface area contributed by atoms with Crippen LogP contribution in [0.5, 0.6) is 0 Å². The van der Waals surface area contributed by atoms with E-state index in [0.717, 1.165) is 55.9 Å². The van der Waals surface area contributed by atoms with Gasteiger partial charge in [0.1, 0.15) is 0 Å². The lowest BCUT2D eigenvalue weighted by molar-refractivity contribution is 0.0389. The van der Waals surface area contributed by atoms with Crippen molar-refractivity contribution in [2.75, 3.05) is 53.0 Å². The van der Waals surface area contributed by atoms with Crippen molar-refractivity contribution >= 4 is 41.5 Å². The van der Waals surface area contributed by atoms with Crippen LogP contribution in [0, 0.1) is 0 Å². The molecule has 1 aromatic heterocycles. The van der Waals surface area contributed by atoms with Crippen molar-refractivity contribution in [1.29, 1.82) is 0 Å². The zero-order chi connectivity index (χ0) is 18.9. The molecule has 0 radical (unpaired) electrons. The van der Waals surface area contributed by atoms with Crippen LogP contribution >= 0.6 is 35.6 Å². The third-order valence-electron chi connectivity index (χ3n) is 4.61. The summed E-state index contributed by atoms with van der Waals surface area (Å²) in [6.45, 7) is 6.11. The molecule has 3 rings (SSSR count). The summed E-state index contributed by atoms with van der Waals surface area (Å²) in [4.78, 5) is 6.73. The van der Waals surface area contributed by atoms with Crippen molar-refractivity contribution in [3.63, 3.8) is 0 Å². The lowest BCUT2D eigenvalue weighted by atomic mass is 10.1. The second-order valence-corrected chi connectivity index (χ2v) is 6.82. The first-order chi connectivity index (χ1) is 13.3. The predicted octanol–water partition coefficient (Wildman–Crippen LogP) is 2.24. The van der Waals surface area contributed by atoms with Gasteiger partial charge < -0.3 is 15.4 Å². The minimum atomic E-state index is 0. The van der Waals surface area contributed by atoms with E-state index in [0.29, 0.717) is 6.54 Å². The molecule has 28 heavy (non-hydrogen) atoms. The van der Waals surface area contributed by atoms with E-state index in [1.54, 1.807) is 13.2 Å². The summed E-state index contributed by atoms with van der Waals surface area (Å²) >= 11 is 6.03. The zero-order valence-corrected chi connectivity index (χ0v) is 19.1. The highest BCUT2D eigenvalue weighted by Gasteiger charge is 2.15. The molecule has 2 heterocycles. The van der Waals surface area contributed by atoms with Crippen molar-refractivity contribution in [3.05, 3.63) is 53.3 Å². The number of nitrogens with one attached hydrogen (secondary N) is 2. The van der Waals surface area contributed by atoms with Gasteiger partial charge in [0.15, 0.2) is 5.96 Å². The molecule has 154 valence electrons. The molecule has 1 aliphatic rings. The molecule has 1 aliphatic heterocycles. The topological polar surface area (TPSA) is 66.7 Å². The van der Waals surface area contributed by atoms with Crippen LogP contribution in [0.25, 0.3) is 0 Å². The molecule has 1 saturated heterocycles. The molecule has 0 amide bonds. The Morgan fingerprint density at radius 1 is 1.25 bits per heavy atom. The summed E-state index contributed by atoms with van der Waals surface area (Å²) in [6.07, 6.45) is 3.76. The fraction of sp³-hybridized carbons (Fsp3) is 0.474. The first-order valence-corrected chi connectivity index (χ1v) is 9.63. The number of nitrogens with zero attached hydrogens (tertiary/aromatic N) is 4. The van der Waals surface area contributed by atoms with E-state index in [1.165, 1.54) is 0 Å². The van der Waals surface area contributed by atoms with Gasteiger partial charge in [0.25, 0.3) is 0 Å². The van der Waals surface area contributed by atoms with Gasteiger partial charge in [0.2, 0.25) is 0 Å². The summed E-state index contributed by atoms with van der Waals surface area (Å²) in [5, 5.41) is 11.9. The molecule has 1 unspecified atom stereocenters. The van der Waals surface area contributed by atoms with E-state index in [4.69, 9.17) is 16.3 Å². The molecular weight excluding hydrogens is 491 g/mol. The monoisotopic (exact) mass is 518 g/mol. The van der Waals surface area contributed by atoms with Crippen molar-refractivity contribution in [2.45, 2.75) is 6.04 Å². The maximum Gasteiger partial charge on any atom is 0.191 e. The first-order valence-electron chi connectivity index (χ1n) is 9.25. The van der Waals surface area contributed by atoms with Crippen molar-refractivity contribution in [3.8, 4) is 0 Å². The van der Waals surface area contributed by atoms with E-state index < -0.39 is 0 Å². The second-order valence-electron chi connectivity index (χ2n) is 6.39. The van der Waals surface area contributed by atoms with Gasteiger partial charge in [-0.3, -0.25) is 14.6 Å². The second kappa shape index (κ2) is 12.3. The summed E-state index contributed by atoms with van der Waals surface area (Å²) < 4.78 is 7.33. The van der Waals surface area contributed by atoms with Gasteiger partial charge in [0, 0.05) is 57.2 Å². The van der Waals surface area contributed by atoms with Crippen molar-refractivity contribution in [1.82, 2.24) is 25.3 Å². The number of halogens is 2. The molecule has 9 heteroatoms. The Bertz CT molecular complexity index is 704. The molecule has 0 spiro atoms. The Morgan fingerprint density at radius 3 is 2.64 bits per heavy atom. The number of aromatic nitrogens is 2. The predicted molar refractivity (Wildman–Crippen MR) is 124 cm³/mol. The van der Waals surface area contributed by atoms with Crippen LogP contribution in [0.1, 0.15) is 11.6 Å². The number of morpholine rings is 1. The van der Waals surface area contributed by atoms with E-state index in [9.17, 15) is 0 Å². The minimum Gasteiger partial charge on any atom is -0.379 e. The van der Waals surface area contributed by atoms with Crippen LogP contribution in [0.4, 0.5) is 0 Å². The Morgan fingerprint density at radius 2 is 2.00 bits per heavy atom. The molecule has 1 fully saturated rings. The van der Waals surface area contributed by atoms with E-state index in [1.807, 2.05) is 41.2 Å². The van der Waals surface area contributed by atoms with Crippen molar-refractivity contribution in [2.24, 2.45) is 4.99 Å². The smallest absolute Gasteiger partial charge is 0.191 e. The van der Waals surface area contributed by atoms with Crippen LogP contribution < -0.4 is 10.6 Å². The number of hydrogen-bond acceptors (Lipinski definition) is 4. The molecule has 7 nitrogen and oxygen atoms in total. The standard InChI is InChI=1S/C19H27ClN6O.HI/c1-21-19(22-8-10-25-11-13-27-14-12-25)23-15-18(26-9-2-7-24-26)16-3-5-17(20)6-4-16;/h2-7,9,18H,8,10-15H2,1H3,(H2,21,22,23);1H. The number of guanidine groups is 1. The maximum absolute atomic E-state index is 6.03. The summed E-state index contributed by atoms with van der Waals surface area (Å²) in [5.41, 5.74) is 1.14. The van der Waals surface area contributed by atoms with Gasteiger partial charge in [-0.15, -0.1) is 24.0 Å². The largest absolute Gasteiger partial charge is 0.379 e. The highest BCUT2D eigenvalue weighted by atomic mass is 127. The van der Waals surface area contributed by atoms with Gasteiger partial charge in [-0.05, 0) is 23.8 Å². The Hall–Kier alpha value is -1.36. The fourth-order valence-corrected chi connectivity index (χ4v) is 3.21. The van der Waals surface area contributed by atoms with Crippen LogP contribution in [-0.2, 0) is 4.74 Å². The lowest BCUT2D eigenvalue weighted by Crippen LogP contribution is -2.45. The molecule has 1 aromatic carbocycles. The molecule has 2 aromatic rings. The summed E-state index contributed by atoms with van der Waals surface area (Å²) in [7, 11) is 1.79. The first kappa shape index (κ1) is 22.9. The Balaban J connectivity index is 0.00000280. The Labute approximate surface area is 188 Å². The maximum atomic E-state index is 6.03. The normalized spacial score (nSPS) is 16.3. The molecule has 0 saturated carbocycles. The Kier molecular flexibility index (Phi) is 10.0. The van der Waals surface area contributed by atoms with E-state index >= 15 is 0 Å². The number of benzene rings is 1. The van der Waals surface area contributed by atoms with Gasteiger partial charge in [-0.2, -0.15) is 5.10 Å². The molecule has 2 N–H and O–H groups in total. The number of hydrogen-bond donors (Lipinski definition) is 2. The molecule has 0 aliphatic carbocycles. The highest BCUT2D eigenvalue weighted by molar-refractivity contribution is 14.0. The van der Waals surface area contributed by atoms with E-state index in [2.05, 4.69) is 25.6 Å². The van der Waals surface area contributed by atoms with Crippen molar-refractivity contribution < 1.29 is 4.74 Å². The fourth-order valence-electron chi connectivity index (χ4n) is 3.09. The molecular formula is C19H28ClIN6O. The van der Waals surface area contributed by atoms with Crippen LogP contribution in [-0.4, -0.2) is 73.6 Å². The average molecular weight is 519 g/mol. The zero-order valence-electron chi connectivity index (χ0n) is 16.1. The molecule has 1 atom stereocenters. The average Bonchev–Trinajstić information content (AvgIpc) is 3.23. The van der Waals surface area contributed by atoms with Gasteiger partial charge >= 0.3 is 0 Å². The van der Waals surface area contributed by atoms with Gasteiger partial charge in [-0.1, -0.05) is 23.7 Å². The number of aliphatic imine (C=N–C) groups is 1. The van der Waals surface area contributed by atoms with Gasteiger partial charge in [-0.25, -0.2) is 0 Å². The summed E-state index contributed by atoms with van der Waals surface area (Å²) in [6, 6.07) is 9.86. The lowest BCUT2D eigenvalue weighted by Gasteiger charge is -2.27. The SMILES string of the molecule is CN=C(NCCN1CCOCC1)NCC(c1ccc(Cl)cc1)n1cccn1.I. The van der Waals surface area contributed by atoms with Crippen LogP contribution in [0.15, 0.2) is 47.7 Å². The number of ether oxygens (including phenoxy) is 1. The molecule has 0 bridgehead atoms. The van der Waals surface area contributed by atoms with E-state index in [-0.39, 0.29) is 30.0 Å². The minimum absolute atomic E-state index is 0. The third kappa shape index (κ3) is 6.91. The van der Waals surface area contributed by atoms with Crippen LogP contribution in [0.3, 0.4) is 0 Å². The van der Waals surface area contributed by atoms with Crippen LogP contribution in [0.2, 0.25) is 5.02 Å².